The van der Waals surface area contributed by atoms with E-state index in [2.05, 4.69) is 14.9 Å². The summed E-state index contributed by atoms with van der Waals surface area (Å²) in [6.45, 7) is 4.51. The van der Waals surface area contributed by atoms with E-state index in [1.807, 2.05) is 24.0 Å². The number of nitrogens with zero attached hydrogens (tertiary/aromatic N) is 4. The molecule has 0 radical (unpaired) electrons. The van der Waals surface area contributed by atoms with Gasteiger partial charge in [0.1, 0.15) is 17.9 Å². The van der Waals surface area contributed by atoms with Gasteiger partial charge in [0.05, 0.1) is 5.02 Å². The van der Waals surface area contributed by atoms with Crippen LogP contribution in [0.4, 0.5) is 5.82 Å². The summed E-state index contributed by atoms with van der Waals surface area (Å²) < 4.78 is 5.86. The molecule has 1 aliphatic heterocycles. The number of benzene rings is 2. The highest BCUT2D eigenvalue weighted by Crippen LogP contribution is 2.30. The molecule has 3 aromatic rings. The standard InChI is InChI=1S/C22H20Cl2N4O2/c1-15-2-7-18(24)19(12-15)30-21-13-20(25-14-26-21)27-8-10-28(11-9-27)22(29)16-3-5-17(23)6-4-16/h2-7,12-14H,8-11H2,1H3. The molecule has 0 unspecified atom stereocenters. The zero-order valence-corrected chi connectivity index (χ0v) is 17.9. The molecule has 6 nitrogen and oxygen atoms in total. The molecule has 1 fully saturated rings. The lowest BCUT2D eigenvalue weighted by molar-refractivity contribution is 0.0746. The van der Waals surface area contributed by atoms with Gasteiger partial charge >= 0.3 is 0 Å². The maximum absolute atomic E-state index is 12.7. The minimum Gasteiger partial charge on any atom is -0.437 e. The Morgan fingerprint density at radius 1 is 0.967 bits per heavy atom. The number of carbonyl (C=O) groups is 1. The predicted molar refractivity (Wildman–Crippen MR) is 118 cm³/mol. The normalized spacial score (nSPS) is 14.0. The Kier molecular flexibility index (Phi) is 6.06. The Morgan fingerprint density at radius 2 is 1.70 bits per heavy atom. The summed E-state index contributed by atoms with van der Waals surface area (Å²) in [5.41, 5.74) is 1.69. The quantitative estimate of drug-likeness (QED) is 0.577. The highest BCUT2D eigenvalue weighted by atomic mass is 35.5. The van der Waals surface area contributed by atoms with Gasteiger partial charge in [0, 0.05) is 42.8 Å². The summed E-state index contributed by atoms with van der Waals surface area (Å²) in [6.07, 6.45) is 1.47. The maximum Gasteiger partial charge on any atom is 0.253 e. The van der Waals surface area contributed by atoms with Crippen molar-refractivity contribution in [3.8, 4) is 11.6 Å². The van der Waals surface area contributed by atoms with Crippen molar-refractivity contribution in [1.29, 1.82) is 0 Å². The lowest BCUT2D eigenvalue weighted by Gasteiger charge is -2.35. The van der Waals surface area contributed by atoms with Crippen molar-refractivity contribution >= 4 is 34.9 Å². The fourth-order valence-electron chi connectivity index (χ4n) is 3.27. The second-order valence-electron chi connectivity index (χ2n) is 7.04. The molecule has 4 rings (SSSR count). The lowest BCUT2D eigenvalue weighted by Crippen LogP contribution is -2.49. The van der Waals surface area contributed by atoms with E-state index in [4.69, 9.17) is 27.9 Å². The smallest absolute Gasteiger partial charge is 0.253 e. The number of aryl methyl sites for hydroxylation is 1. The van der Waals surface area contributed by atoms with Gasteiger partial charge in [-0.05, 0) is 48.9 Å². The molecule has 0 N–H and O–H groups in total. The van der Waals surface area contributed by atoms with Crippen LogP contribution >= 0.6 is 23.2 Å². The Labute approximate surface area is 185 Å². The number of hydrogen-bond acceptors (Lipinski definition) is 5. The van der Waals surface area contributed by atoms with E-state index in [0.29, 0.717) is 53.4 Å². The van der Waals surface area contributed by atoms with E-state index in [0.717, 1.165) is 11.4 Å². The first kappa shape index (κ1) is 20.4. The largest absolute Gasteiger partial charge is 0.437 e. The molecular weight excluding hydrogens is 423 g/mol. The minimum absolute atomic E-state index is 0.00659. The number of piperazine rings is 1. The van der Waals surface area contributed by atoms with Crippen LogP contribution in [-0.4, -0.2) is 47.0 Å². The molecule has 1 saturated heterocycles. The van der Waals surface area contributed by atoms with Crippen LogP contribution in [0.2, 0.25) is 10.0 Å². The molecule has 0 saturated carbocycles. The third kappa shape index (κ3) is 4.66. The third-order valence-electron chi connectivity index (χ3n) is 4.91. The Morgan fingerprint density at radius 3 is 2.43 bits per heavy atom. The molecule has 2 heterocycles. The third-order valence-corrected chi connectivity index (χ3v) is 5.48. The molecule has 154 valence electrons. The Balaban J connectivity index is 1.41. The summed E-state index contributed by atoms with van der Waals surface area (Å²) in [4.78, 5) is 25.2. The minimum atomic E-state index is 0.00659. The second kappa shape index (κ2) is 8.90. The van der Waals surface area contributed by atoms with Gasteiger partial charge in [-0.3, -0.25) is 4.79 Å². The van der Waals surface area contributed by atoms with Crippen LogP contribution in [0.25, 0.3) is 0 Å². The molecular formula is C22H20Cl2N4O2. The molecule has 1 amide bonds. The fourth-order valence-corrected chi connectivity index (χ4v) is 3.56. The molecule has 0 bridgehead atoms. The van der Waals surface area contributed by atoms with Crippen LogP contribution in [0.15, 0.2) is 54.9 Å². The second-order valence-corrected chi connectivity index (χ2v) is 7.88. The Bertz CT molecular complexity index is 1050. The zero-order chi connectivity index (χ0) is 21.1. The summed E-state index contributed by atoms with van der Waals surface area (Å²) in [6, 6.07) is 14.3. The number of carbonyl (C=O) groups excluding carboxylic acids is 1. The SMILES string of the molecule is Cc1ccc(Cl)c(Oc2cc(N3CCN(C(=O)c4ccc(Cl)cc4)CC3)ncn2)c1. The van der Waals surface area contributed by atoms with Gasteiger partial charge in [0.2, 0.25) is 5.88 Å². The van der Waals surface area contributed by atoms with Crippen molar-refractivity contribution in [2.45, 2.75) is 6.92 Å². The van der Waals surface area contributed by atoms with E-state index >= 15 is 0 Å². The van der Waals surface area contributed by atoms with Crippen molar-refractivity contribution in [2.75, 3.05) is 31.1 Å². The summed E-state index contributed by atoms with van der Waals surface area (Å²) in [7, 11) is 0. The molecule has 30 heavy (non-hydrogen) atoms. The van der Waals surface area contributed by atoms with E-state index in [1.54, 1.807) is 36.4 Å². The van der Waals surface area contributed by atoms with Gasteiger partial charge < -0.3 is 14.5 Å². The van der Waals surface area contributed by atoms with Crippen LogP contribution in [0.3, 0.4) is 0 Å². The average Bonchev–Trinajstić information content (AvgIpc) is 2.77. The number of rotatable bonds is 4. The lowest BCUT2D eigenvalue weighted by atomic mass is 10.2. The molecule has 8 heteroatoms. The van der Waals surface area contributed by atoms with Crippen molar-refractivity contribution in [3.05, 3.63) is 76.0 Å². The van der Waals surface area contributed by atoms with Gasteiger partial charge in [0.25, 0.3) is 5.91 Å². The highest BCUT2D eigenvalue weighted by molar-refractivity contribution is 6.32. The monoisotopic (exact) mass is 442 g/mol. The van der Waals surface area contributed by atoms with Crippen LogP contribution in [0.5, 0.6) is 11.6 Å². The van der Waals surface area contributed by atoms with E-state index in [9.17, 15) is 4.79 Å². The van der Waals surface area contributed by atoms with Crippen molar-refractivity contribution in [1.82, 2.24) is 14.9 Å². The first-order valence-electron chi connectivity index (χ1n) is 9.55. The number of amides is 1. The van der Waals surface area contributed by atoms with E-state index in [1.165, 1.54) is 6.33 Å². The summed E-state index contributed by atoms with van der Waals surface area (Å²) in [5, 5.41) is 1.14. The Hall–Kier alpha value is -2.83. The van der Waals surface area contributed by atoms with Crippen LogP contribution < -0.4 is 9.64 Å². The molecule has 0 atom stereocenters. The van der Waals surface area contributed by atoms with Crippen molar-refractivity contribution < 1.29 is 9.53 Å². The van der Waals surface area contributed by atoms with E-state index in [-0.39, 0.29) is 5.91 Å². The summed E-state index contributed by atoms with van der Waals surface area (Å²) in [5.74, 6) is 1.74. The van der Waals surface area contributed by atoms with Gasteiger partial charge in [0.15, 0.2) is 0 Å². The van der Waals surface area contributed by atoms with Gasteiger partial charge in [-0.25, -0.2) is 9.97 Å². The van der Waals surface area contributed by atoms with Crippen LogP contribution in [-0.2, 0) is 0 Å². The average molecular weight is 443 g/mol. The molecule has 2 aromatic carbocycles. The first-order chi connectivity index (χ1) is 14.5. The predicted octanol–water partition coefficient (Wildman–Crippen LogP) is 4.85. The maximum atomic E-state index is 12.7. The molecule has 1 aromatic heterocycles. The van der Waals surface area contributed by atoms with Gasteiger partial charge in [-0.1, -0.05) is 29.3 Å². The van der Waals surface area contributed by atoms with Gasteiger partial charge in [-0.2, -0.15) is 0 Å². The van der Waals surface area contributed by atoms with Gasteiger partial charge in [-0.15, -0.1) is 0 Å². The van der Waals surface area contributed by atoms with Crippen molar-refractivity contribution in [3.63, 3.8) is 0 Å². The number of hydrogen-bond donors (Lipinski definition) is 0. The number of ether oxygens (including phenoxy) is 1. The number of halogens is 2. The fraction of sp³-hybridized carbons (Fsp3) is 0.227. The number of aromatic nitrogens is 2. The van der Waals surface area contributed by atoms with Crippen LogP contribution in [0.1, 0.15) is 15.9 Å². The highest BCUT2D eigenvalue weighted by Gasteiger charge is 2.23. The molecule has 0 aliphatic carbocycles. The summed E-state index contributed by atoms with van der Waals surface area (Å²) >= 11 is 12.1. The van der Waals surface area contributed by atoms with E-state index < -0.39 is 0 Å². The topological polar surface area (TPSA) is 58.6 Å². The number of anilines is 1. The zero-order valence-electron chi connectivity index (χ0n) is 16.4. The molecule has 0 spiro atoms. The van der Waals surface area contributed by atoms with Crippen LogP contribution in [0, 0.1) is 6.92 Å². The van der Waals surface area contributed by atoms with Crippen molar-refractivity contribution in [2.24, 2.45) is 0 Å². The molecule has 1 aliphatic rings. The first-order valence-corrected chi connectivity index (χ1v) is 10.3.